The minimum atomic E-state index is -1.65. The number of carbonyl (C=O) groups excluding carboxylic acids is 2. The molecule has 0 radical (unpaired) electrons. The first kappa shape index (κ1) is 27.6. The Kier molecular flexibility index (Phi) is 5.67. The molecule has 228 valence electrons. The number of methoxy groups -OCH3 is 1. The average Bonchev–Trinajstić information content (AvgIpc) is 3.01. The van der Waals surface area contributed by atoms with Crippen LogP contribution in [-0.2, 0) is 33.2 Å². The van der Waals surface area contributed by atoms with Crippen LogP contribution in [0.5, 0.6) is 0 Å². The van der Waals surface area contributed by atoms with Crippen LogP contribution in [-0.4, -0.2) is 102 Å². The Morgan fingerprint density at radius 1 is 0.884 bits per heavy atom. The number of benzene rings is 2. The maximum atomic E-state index is 13.0. The quantitative estimate of drug-likeness (QED) is 0.350. The molecule has 12 heteroatoms. The Hall–Kier alpha value is -2.94. The zero-order chi connectivity index (χ0) is 30.0. The number of fused-ring (bicyclic) bond motifs is 2. The van der Waals surface area contributed by atoms with Crippen molar-refractivity contribution in [3.8, 4) is 0 Å². The molecular weight excluding hydrogens is 564 g/mol. The summed E-state index contributed by atoms with van der Waals surface area (Å²) in [6, 6.07) is 17.0. The van der Waals surface area contributed by atoms with E-state index in [-0.39, 0.29) is 12.5 Å². The number of aliphatic hydroxyl groups is 3. The SMILES string of the molecule is CO[C@@]12OC3O[C@@]4(C)C31[C@]1(COC(=O)c3ccccc3)[C@H]2C[C@]41O[C@@H]1OC(COC(=O)c2ccccc2)[C@@H](O)[C@H](O)C1O. The molecule has 8 rings (SSSR count). The predicted octanol–water partition coefficient (Wildman–Crippen LogP) is 0.771. The van der Waals surface area contributed by atoms with E-state index >= 15 is 0 Å². The zero-order valence-electron chi connectivity index (χ0n) is 23.5. The van der Waals surface area contributed by atoms with Crippen LogP contribution in [0.15, 0.2) is 60.7 Å². The molecule has 0 bridgehead atoms. The second kappa shape index (κ2) is 8.83. The number of ether oxygens (including phenoxy) is 7. The van der Waals surface area contributed by atoms with E-state index in [0.717, 1.165) is 0 Å². The lowest BCUT2D eigenvalue weighted by atomic mass is 9.08. The molecule has 43 heavy (non-hydrogen) atoms. The summed E-state index contributed by atoms with van der Waals surface area (Å²) in [6.45, 7) is 1.47. The first-order chi connectivity index (χ1) is 20.6. The standard InChI is InChI=1S/C31H32O12/c1-27-29(41-25-22(34)21(33)20(32)18(40-25)14-38-23(35)16-9-5-3-6-10-16)13-19-28(29,15-39-24(36)17-11-7-4-8-12-17)30(27)26(42-27)43-31(19,30)37-2/h3-12,18-22,25-26,32-34H,13-15H2,1-2H3/t18?,19-,20-,21+,22?,25+,26?,27-,28-,29+,30?,31+/m1/s1. The summed E-state index contributed by atoms with van der Waals surface area (Å²) in [6.07, 6.45) is -7.64. The third kappa shape index (κ3) is 2.81. The van der Waals surface area contributed by atoms with Crippen LogP contribution in [0.1, 0.15) is 34.1 Å². The first-order valence-corrected chi connectivity index (χ1v) is 14.4. The molecule has 6 fully saturated rings. The Balaban J connectivity index is 1.05. The van der Waals surface area contributed by atoms with Crippen LogP contribution >= 0.6 is 0 Å². The molecule has 6 aliphatic rings. The van der Waals surface area contributed by atoms with Crippen molar-refractivity contribution in [1.29, 1.82) is 0 Å². The number of aliphatic hydroxyl groups excluding tert-OH is 3. The summed E-state index contributed by atoms with van der Waals surface area (Å²) < 4.78 is 42.0. The number of carbonyl (C=O) groups is 2. The van der Waals surface area contributed by atoms with E-state index in [2.05, 4.69) is 0 Å². The van der Waals surface area contributed by atoms with Gasteiger partial charge < -0.3 is 48.5 Å². The van der Waals surface area contributed by atoms with Crippen molar-refractivity contribution in [3.63, 3.8) is 0 Å². The lowest BCUT2D eigenvalue weighted by molar-refractivity contribution is -0.793. The van der Waals surface area contributed by atoms with E-state index in [9.17, 15) is 24.9 Å². The van der Waals surface area contributed by atoms with Crippen LogP contribution in [0.2, 0.25) is 0 Å². The third-order valence-electron chi connectivity index (χ3n) is 11.1. The number of hydrogen-bond donors (Lipinski definition) is 3. The number of rotatable bonds is 9. The summed E-state index contributed by atoms with van der Waals surface area (Å²) in [7, 11) is 1.58. The van der Waals surface area contributed by atoms with Crippen molar-refractivity contribution in [3.05, 3.63) is 71.8 Å². The Bertz CT molecular complexity index is 1470. The second-order valence-electron chi connectivity index (χ2n) is 12.4. The Labute approximate surface area is 246 Å². The van der Waals surface area contributed by atoms with E-state index in [4.69, 9.17) is 33.2 Å². The predicted molar refractivity (Wildman–Crippen MR) is 141 cm³/mol. The van der Waals surface area contributed by atoms with Crippen molar-refractivity contribution in [2.24, 2.45) is 16.7 Å². The van der Waals surface area contributed by atoms with Gasteiger partial charge in [-0.1, -0.05) is 36.4 Å². The second-order valence-corrected chi connectivity index (χ2v) is 12.4. The van der Waals surface area contributed by atoms with Crippen molar-refractivity contribution < 1.29 is 58.1 Å². The fourth-order valence-corrected chi connectivity index (χ4v) is 9.36. The van der Waals surface area contributed by atoms with Gasteiger partial charge >= 0.3 is 11.9 Å². The van der Waals surface area contributed by atoms with Crippen molar-refractivity contribution in [2.45, 2.75) is 67.3 Å². The van der Waals surface area contributed by atoms with E-state index in [0.29, 0.717) is 17.5 Å². The minimum absolute atomic E-state index is 0.0125. The molecule has 12 atom stereocenters. The normalized spacial score (nSPS) is 47.6. The van der Waals surface area contributed by atoms with Crippen LogP contribution in [0, 0.1) is 16.7 Å². The Morgan fingerprint density at radius 2 is 1.51 bits per heavy atom. The summed E-state index contributed by atoms with van der Waals surface area (Å²) >= 11 is 0. The molecule has 3 heterocycles. The van der Waals surface area contributed by atoms with E-state index in [1.807, 2.05) is 6.92 Å². The molecule has 4 unspecified atom stereocenters. The topological polar surface area (TPSA) is 159 Å². The fraction of sp³-hybridized carbons (Fsp3) is 0.548. The van der Waals surface area contributed by atoms with Crippen molar-refractivity contribution in [2.75, 3.05) is 20.3 Å². The van der Waals surface area contributed by atoms with Gasteiger partial charge in [0.15, 0.2) is 18.4 Å². The van der Waals surface area contributed by atoms with Gasteiger partial charge in [-0.3, -0.25) is 0 Å². The van der Waals surface area contributed by atoms with Gasteiger partial charge in [0.1, 0.15) is 54.2 Å². The molecule has 12 nitrogen and oxygen atoms in total. The van der Waals surface area contributed by atoms with Crippen LogP contribution < -0.4 is 0 Å². The van der Waals surface area contributed by atoms with E-state index < -0.39 is 83.4 Å². The minimum Gasteiger partial charge on any atom is -0.461 e. The van der Waals surface area contributed by atoms with Gasteiger partial charge in [-0.2, -0.15) is 0 Å². The fourth-order valence-electron chi connectivity index (χ4n) is 9.36. The summed E-state index contributed by atoms with van der Waals surface area (Å²) in [4.78, 5) is 25.5. The molecule has 3 N–H and O–H groups in total. The highest BCUT2D eigenvalue weighted by molar-refractivity contribution is 5.89. The average molecular weight is 597 g/mol. The van der Waals surface area contributed by atoms with Crippen molar-refractivity contribution in [1.82, 2.24) is 0 Å². The lowest BCUT2D eigenvalue weighted by Crippen LogP contribution is -3.20. The van der Waals surface area contributed by atoms with Gasteiger partial charge in [0.25, 0.3) is 0 Å². The maximum absolute atomic E-state index is 13.0. The third-order valence-corrected chi connectivity index (χ3v) is 11.1. The van der Waals surface area contributed by atoms with Gasteiger partial charge in [0.2, 0.25) is 0 Å². The van der Waals surface area contributed by atoms with Gasteiger partial charge in [-0.05, 0) is 37.6 Å². The molecule has 2 aromatic rings. The highest BCUT2D eigenvalue weighted by Gasteiger charge is 3.18. The molecule has 0 aromatic heterocycles. The van der Waals surface area contributed by atoms with Crippen molar-refractivity contribution >= 4 is 11.9 Å². The van der Waals surface area contributed by atoms with Gasteiger partial charge in [-0.15, -0.1) is 0 Å². The van der Waals surface area contributed by atoms with Crippen LogP contribution in [0.25, 0.3) is 0 Å². The highest BCUT2D eigenvalue weighted by Crippen LogP contribution is 3.04. The van der Waals surface area contributed by atoms with Gasteiger partial charge in [0, 0.05) is 13.0 Å². The van der Waals surface area contributed by atoms with Crippen LogP contribution in [0.4, 0.5) is 0 Å². The summed E-state index contributed by atoms with van der Waals surface area (Å²) in [5, 5.41) is 32.4. The zero-order valence-corrected chi connectivity index (χ0v) is 23.5. The maximum Gasteiger partial charge on any atom is 0.338 e. The molecule has 1 spiro atoms. The summed E-state index contributed by atoms with van der Waals surface area (Å²) in [5.74, 6) is -2.23. The summed E-state index contributed by atoms with van der Waals surface area (Å²) in [5.41, 5.74) is -2.73. The Morgan fingerprint density at radius 3 is 2.12 bits per heavy atom. The van der Waals surface area contributed by atoms with Crippen LogP contribution in [0.3, 0.4) is 0 Å². The van der Waals surface area contributed by atoms with E-state index in [1.165, 1.54) is 0 Å². The van der Waals surface area contributed by atoms with E-state index in [1.54, 1.807) is 67.8 Å². The largest absolute Gasteiger partial charge is 0.461 e. The highest BCUT2D eigenvalue weighted by atomic mass is 16.9. The number of esters is 2. The lowest BCUT2D eigenvalue weighted by Gasteiger charge is -3.06. The van der Waals surface area contributed by atoms with Gasteiger partial charge in [-0.25, -0.2) is 9.59 Å². The molecule has 3 aliphatic carbocycles. The molecule has 3 aliphatic heterocycles. The molecule has 3 saturated heterocycles. The first-order valence-electron chi connectivity index (χ1n) is 14.4. The monoisotopic (exact) mass is 596 g/mol. The molecule has 3 saturated carbocycles. The molecule has 0 amide bonds. The molecular formula is C31H32O12. The smallest absolute Gasteiger partial charge is 0.338 e. The van der Waals surface area contributed by atoms with Gasteiger partial charge in [0.05, 0.1) is 16.5 Å². The molecule has 2 aromatic carbocycles. The number of hydrogen-bond acceptors (Lipinski definition) is 12.